The van der Waals surface area contributed by atoms with E-state index in [2.05, 4.69) is 20.0 Å². The van der Waals surface area contributed by atoms with Crippen LogP contribution in [0.1, 0.15) is 129 Å². The number of hydrogen-bond acceptors (Lipinski definition) is 10. The van der Waals surface area contributed by atoms with Crippen LogP contribution >= 0.6 is 0 Å². The fourth-order valence-electron chi connectivity index (χ4n) is 9.98. The van der Waals surface area contributed by atoms with E-state index in [0.29, 0.717) is 31.3 Å². The molecule has 3 saturated carbocycles. The molecule has 15 heteroatoms. The van der Waals surface area contributed by atoms with Gasteiger partial charge in [0.2, 0.25) is 5.89 Å². The maximum atomic E-state index is 14.2. The van der Waals surface area contributed by atoms with Crippen molar-refractivity contribution in [3.05, 3.63) is 87.7 Å². The maximum absolute atomic E-state index is 14.2. The lowest BCUT2D eigenvalue weighted by molar-refractivity contribution is -0.132. The van der Waals surface area contributed by atoms with Gasteiger partial charge in [0.1, 0.15) is 23.4 Å². The van der Waals surface area contributed by atoms with Gasteiger partial charge < -0.3 is 14.1 Å². The number of halogens is 2. The van der Waals surface area contributed by atoms with Gasteiger partial charge in [-0.15, -0.1) is 0 Å². The Kier molecular flexibility index (Phi) is 12.4. The fraction of sp³-hybridized carbons (Fsp3) is 0.553. The summed E-state index contributed by atoms with van der Waals surface area (Å²) in [6.07, 6.45) is 12.9. The largest absolute Gasteiger partial charge is 0.444 e. The Hall–Kier alpha value is -5.15. The van der Waals surface area contributed by atoms with Crippen LogP contribution < -0.4 is 5.69 Å². The van der Waals surface area contributed by atoms with Crippen molar-refractivity contribution in [3.8, 4) is 11.5 Å². The third kappa shape index (κ3) is 9.29. The van der Waals surface area contributed by atoms with Gasteiger partial charge >= 0.3 is 5.69 Å². The average Bonchev–Trinajstić information content (AvgIpc) is 3.55. The van der Waals surface area contributed by atoms with Crippen molar-refractivity contribution >= 4 is 28.4 Å². The van der Waals surface area contributed by atoms with Crippen molar-refractivity contribution < 1.29 is 32.3 Å². The molecule has 4 aliphatic rings. The third-order valence-corrected chi connectivity index (χ3v) is 13.6. The first-order valence-corrected chi connectivity index (χ1v) is 22.4. The van der Waals surface area contributed by atoms with Crippen LogP contribution in [0.15, 0.2) is 58.2 Å². The Morgan fingerprint density at radius 2 is 1.81 bits per heavy atom. The molecule has 0 amide bonds. The Bertz CT molecular complexity index is 2490. The molecule has 328 valence electrons. The molecule has 1 aromatic carbocycles. The first kappa shape index (κ1) is 42.2. The number of aromatic nitrogens is 6. The number of para-hydroxylation sites is 1. The monoisotopic (exact) mass is 851 g/mol. The van der Waals surface area contributed by atoms with Gasteiger partial charge in [-0.3, -0.25) is 33.2 Å². The van der Waals surface area contributed by atoms with Crippen molar-refractivity contribution in [3.63, 3.8) is 0 Å². The highest BCUT2D eigenvalue weighted by atomic mass is 19.3. The van der Waals surface area contributed by atoms with Gasteiger partial charge in [-0.2, -0.15) is 5.10 Å². The number of rotatable bonds is 17. The summed E-state index contributed by atoms with van der Waals surface area (Å²) in [5.74, 6) is 0.941. The Labute approximate surface area is 358 Å². The number of pyridine rings is 1. The fourth-order valence-corrected chi connectivity index (χ4v) is 9.98. The molecule has 1 unspecified atom stereocenters. The van der Waals surface area contributed by atoms with Crippen LogP contribution in [0.5, 0.6) is 0 Å². The first-order chi connectivity index (χ1) is 30.1. The van der Waals surface area contributed by atoms with Crippen LogP contribution in [0.4, 0.5) is 8.78 Å². The highest BCUT2D eigenvalue weighted by Crippen LogP contribution is 2.36. The lowest BCUT2D eigenvalue weighted by atomic mass is 9.86. The van der Waals surface area contributed by atoms with Crippen LogP contribution in [-0.2, 0) is 40.6 Å². The van der Waals surface area contributed by atoms with Gasteiger partial charge in [-0.25, -0.2) is 18.6 Å². The van der Waals surface area contributed by atoms with Gasteiger partial charge in [0.25, 0.3) is 6.43 Å². The van der Waals surface area contributed by atoms with Crippen LogP contribution in [0.2, 0.25) is 0 Å². The van der Waals surface area contributed by atoms with E-state index in [1.54, 1.807) is 39.3 Å². The molecule has 4 aromatic heterocycles. The van der Waals surface area contributed by atoms with E-state index in [0.717, 1.165) is 111 Å². The summed E-state index contributed by atoms with van der Waals surface area (Å²) in [5, 5.41) is 4.32. The van der Waals surface area contributed by atoms with Crippen LogP contribution in [0.25, 0.3) is 22.5 Å². The predicted molar refractivity (Wildman–Crippen MR) is 226 cm³/mol. The molecular formula is C47H55F2N7O6. The molecule has 0 bridgehead atoms. The smallest absolute Gasteiger partial charge is 0.329 e. The zero-order chi connectivity index (χ0) is 42.9. The van der Waals surface area contributed by atoms with E-state index in [9.17, 15) is 28.0 Å². The molecule has 1 aliphatic heterocycles. The Morgan fingerprint density at radius 3 is 2.60 bits per heavy atom. The normalized spacial score (nSPS) is 22.4. The third-order valence-electron chi connectivity index (χ3n) is 13.6. The molecule has 3 aliphatic carbocycles. The van der Waals surface area contributed by atoms with E-state index < -0.39 is 18.3 Å². The predicted octanol–water partition coefficient (Wildman–Crippen LogP) is 7.61. The summed E-state index contributed by atoms with van der Waals surface area (Å²) in [6.45, 7) is 3.41. The highest BCUT2D eigenvalue weighted by Gasteiger charge is 2.33. The first-order valence-electron chi connectivity index (χ1n) is 22.4. The van der Waals surface area contributed by atoms with Crippen molar-refractivity contribution in [1.82, 2.24) is 33.8 Å². The summed E-state index contributed by atoms with van der Waals surface area (Å²) >= 11 is 0. The number of hydrogen-bond donors (Lipinski definition) is 0. The summed E-state index contributed by atoms with van der Waals surface area (Å²) in [6, 6.07) is 8.95. The van der Waals surface area contributed by atoms with E-state index in [4.69, 9.17) is 9.15 Å². The Balaban J connectivity index is 0.728. The lowest BCUT2D eigenvalue weighted by Gasteiger charge is -2.31. The minimum Gasteiger partial charge on any atom is -0.444 e. The van der Waals surface area contributed by atoms with Crippen LogP contribution in [0.3, 0.4) is 0 Å². The molecule has 13 nitrogen and oxygen atoms in total. The number of carbonyl (C=O) groups is 3. The molecule has 2 atom stereocenters. The number of fused-ring (bicyclic) bond motifs is 1. The number of ether oxygens (including phenoxy) is 1. The van der Waals surface area contributed by atoms with Gasteiger partial charge in [0, 0.05) is 75.3 Å². The summed E-state index contributed by atoms with van der Waals surface area (Å²) in [7, 11) is 1.74. The maximum Gasteiger partial charge on any atom is 0.329 e. The van der Waals surface area contributed by atoms with Crippen LogP contribution in [-0.4, -0.2) is 83.5 Å². The number of alkyl halides is 2. The van der Waals surface area contributed by atoms with Crippen LogP contribution in [0, 0.1) is 11.8 Å². The molecule has 4 fully saturated rings. The number of benzene rings is 1. The van der Waals surface area contributed by atoms with E-state index in [1.807, 2.05) is 24.3 Å². The zero-order valence-corrected chi connectivity index (χ0v) is 35.4. The number of oxazole rings is 1. The van der Waals surface area contributed by atoms with Gasteiger partial charge in [-0.1, -0.05) is 25.0 Å². The number of aryl methyl sites for hydroxylation is 3. The number of carbonyl (C=O) groups excluding carboxylic acids is 3. The minimum atomic E-state index is -2.80. The molecule has 9 rings (SSSR count). The molecule has 1 saturated heterocycles. The molecule has 62 heavy (non-hydrogen) atoms. The van der Waals surface area contributed by atoms with E-state index in [-0.39, 0.29) is 59.2 Å². The molecule has 0 spiro atoms. The molecule has 0 N–H and O–H groups in total. The lowest BCUT2D eigenvalue weighted by Crippen LogP contribution is -2.34. The number of likely N-dealkylation sites (tertiary alicyclic amines) is 1. The summed E-state index contributed by atoms with van der Waals surface area (Å²) in [5.41, 5.74) is 4.02. The molecule has 5 aromatic rings. The number of ketones is 3. The van der Waals surface area contributed by atoms with Crippen molar-refractivity contribution in [1.29, 1.82) is 0 Å². The Morgan fingerprint density at radius 1 is 0.984 bits per heavy atom. The summed E-state index contributed by atoms with van der Waals surface area (Å²) in [4.78, 5) is 62.5. The van der Waals surface area contributed by atoms with Crippen molar-refractivity contribution in [2.75, 3.05) is 26.2 Å². The SMILES string of the molecule is Cn1c(=O)n(C2CCC(=O)CC2=O)c2cccc(CCCO[C@H]3CCN(CC4CCC(n5cc(CC(=O)c6coc(-c7ccnc(CCC8CC8)c7)n6)c(C(F)F)n5)CC4)C3)c21. The minimum absolute atomic E-state index is 0.00559. The van der Waals surface area contributed by atoms with Gasteiger partial charge in [0.05, 0.1) is 35.6 Å². The number of nitrogens with zero attached hydrogens (tertiary/aromatic N) is 7. The second-order valence-corrected chi connectivity index (χ2v) is 18.0. The number of Topliss-reactive ketones (excluding diaryl/α,β-unsaturated/α-hetero) is 3. The highest BCUT2D eigenvalue weighted by molar-refractivity contribution is 6.03. The second-order valence-electron chi connectivity index (χ2n) is 18.0. The second kappa shape index (κ2) is 18.3. The average molecular weight is 852 g/mol. The zero-order valence-electron chi connectivity index (χ0n) is 35.4. The quantitative estimate of drug-likeness (QED) is 0.0520. The summed E-state index contributed by atoms with van der Waals surface area (Å²) < 4.78 is 45.3. The standard InChI is InChI=1S/C47H55F2N7O6/c1-53-44-31(4-2-6-40(44)56(47(53)60)39-16-15-36(57)24-42(39)59)5-3-21-61-37-18-20-54(27-37)25-30-10-13-35(14-11-30)55-26-33(43(52-55)45(48)49)23-41(58)38-28-62-46(51-38)32-17-19-50-34(22-32)12-9-29-7-8-29/h2,4,6,17,19,22,26,28-30,35,37,39,45H,3,5,7-16,18,20-21,23-25,27H2,1H3/t30?,35?,37-,39?/m0/s1. The molecular weight excluding hydrogens is 797 g/mol. The van der Waals surface area contributed by atoms with Gasteiger partial charge in [0.15, 0.2) is 11.6 Å². The van der Waals surface area contributed by atoms with Crippen molar-refractivity contribution in [2.24, 2.45) is 18.9 Å². The van der Waals surface area contributed by atoms with Gasteiger partial charge in [-0.05, 0) is 99.8 Å². The molecule has 0 radical (unpaired) electrons. The molecule has 5 heterocycles. The topological polar surface area (TPSA) is 147 Å². The van der Waals surface area contributed by atoms with E-state index >= 15 is 0 Å². The number of imidazole rings is 1. The van der Waals surface area contributed by atoms with Crippen molar-refractivity contribution in [2.45, 2.75) is 121 Å². The van der Waals surface area contributed by atoms with E-state index in [1.165, 1.54) is 19.1 Å².